The average Bonchev–Trinajstić information content (AvgIpc) is 3.17. The van der Waals surface area contributed by atoms with Gasteiger partial charge < -0.3 is 14.8 Å². The highest BCUT2D eigenvalue weighted by atomic mass is 16.3. The molecule has 0 spiro atoms. The zero-order valence-electron chi connectivity index (χ0n) is 13.5. The minimum Gasteiger partial charge on any atom is -0.465 e. The van der Waals surface area contributed by atoms with E-state index < -0.39 is 0 Å². The van der Waals surface area contributed by atoms with Crippen molar-refractivity contribution in [2.45, 2.75) is 25.5 Å². The van der Waals surface area contributed by atoms with Crippen molar-refractivity contribution in [3.05, 3.63) is 59.5 Å². The van der Waals surface area contributed by atoms with E-state index in [-0.39, 0.29) is 12.1 Å². The molecule has 1 fully saturated rings. The Morgan fingerprint density at radius 3 is 2.83 bits per heavy atom. The maximum Gasteiger partial charge on any atom is 0.122 e. The summed E-state index contributed by atoms with van der Waals surface area (Å²) in [5.74, 6) is 2.28. The maximum absolute atomic E-state index is 10.2. The molecular formula is C18H25N3O2. The Bertz CT molecular complexity index is 599. The topological polar surface area (TPSA) is 69.5 Å². The lowest BCUT2D eigenvalue weighted by atomic mass is 10.00. The number of benzene rings is 1. The molecule has 2 heterocycles. The van der Waals surface area contributed by atoms with Gasteiger partial charge in [-0.25, -0.2) is 5.43 Å². The van der Waals surface area contributed by atoms with E-state index in [9.17, 15) is 5.11 Å². The van der Waals surface area contributed by atoms with Gasteiger partial charge in [-0.3, -0.25) is 5.43 Å². The lowest BCUT2D eigenvalue weighted by Crippen LogP contribution is -2.34. The van der Waals surface area contributed by atoms with E-state index >= 15 is 0 Å². The second kappa shape index (κ2) is 7.75. The standard InChI is InChI=1S/C18H25N3O2/c1-13-7-8-17(23-13)18-15(11-20-21-18)10-19-12-16(22)9-14-5-3-2-4-6-14/h2-8,15-16,18-22H,9-12H2,1H3. The highest BCUT2D eigenvalue weighted by molar-refractivity contribution is 5.15. The summed E-state index contributed by atoms with van der Waals surface area (Å²) in [7, 11) is 0. The minimum absolute atomic E-state index is 0.169. The molecule has 1 aliphatic heterocycles. The Hall–Kier alpha value is -1.66. The van der Waals surface area contributed by atoms with Crippen molar-refractivity contribution in [1.29, 1.82) is 0 Å². The van der Waals surface area contributed by atoms with Crippen LogP contribution in [0, 0.1) is 12.8 Å². The van der Waals surface area contributed by atoms with Crippen molar-refractivity contribution < 1.29 is 9.52 Å². The number of hydrogen-bond donors (Lipinski definition) is 4. The SMILES string of the molecule is Cc1ccc(C2NNCC2CNCC(O)Cc2ccccc2)o1. The van der Waals surface area contributed by atoms with Crippen LogP contribution in [0.2, 0.25) is 0 Å². The van der Waals surface area contributed by atoms with E-state index in [4.69, 9.17) is 4.42 Å². The summed E-state index contributed by atoms with van der Waals surface area (Å²) in [5.41, 5.74) is 7.63. The molecule has 5 nitrogen and oxygen atoms in total. The largest absolute Gasteiger partial charge is 0.465 e. The molecule has 0 saturated carbocycles. The van der Waals surface area contributed by atoms with Crippen LogP contribution >= 0.6 is 0 Å². The molecule has 1 saturated heterocycles. The predicted octanol–water partition coefficient (Wildman–Crippen LogP) is 1.55. The van der Waals surface area contributed by atoms with E-state index in [0.717, 1.165) is 30.2 Å². The van der Waals surface area contributed by atoms with Crippen LogP contribution in [0.1, 0.15) is 23.1 Å². The van der Waals surface area contributed by atoms with Crippen molar-refractivity contribution in [3.63, 3.8) is 0 Å². The second-order valence-corrected chi connectivity index (χ2v) is 6.21. The van der Waals surface area contributed by atoms with Crippen molar-refractivity contribution in [2.75, 3.05) is 19.6 Å². The summed E-state index contributed by atoms with van der Waals surface area (Å²) in [6, 6.07) is 14.3. The molecule has 2 aromatic rings. The number of nitrogens with one attached hydrogen (secondary N) is 3. The molecule has 1 aromatic heterocycles. The van der Waals surface area contributed by atoms with Crippen LogP contribution in [0.25, 0.3) is 0 Å². The lowest BCUT2D eigenvalue weighted by molar-refractivity contribution is 0.169. The summed E-state index contributed by atoms with van der Waals surface area (Å²) in [6.07, 6.45) is 0.305. The van der Waals surface area contributed by atoms with Gasteiger partial charge in [-0.05, 0) is 31.0 Å². The van der Waals surface area contributed by atoms with Gasteiger partial charge in [0.05, 0.1) is 12.1 Å². The van der Waals surface area contributed by atoms with Gasteiger partial charge in [-0.1, -0.05) is 30.3 Å². The number of rotatable bonds is 7. The fraction of sp³-hybridized carbons (Fsp3) is 0.444. The van der Waals surface area contributed by atoms with Crippen LogP contribution in [0.3, 0.4) is 0 Å². The lowest BCUT2D eigenvalue weighted by Gasteiger charge is -2.18. The van der Waals surface area contributed by atoms with Gasteiger partial charge in [0.2, 0.25) is 0 Å². The fourth-order valence-electron chi connectivity index (χ4n) is 3.04. The number of hydrazine groups is 1. The van der Waals surface area contributed by atoms with Gasteiger partial charge in [-0.15, -0.1) is 0 Å². The summed E-state index contributed by atoms with van der Waals surface area (Å²) >= 11 is 0. The molecule has 1 aliphatic rings. The normalized spacial score (nSPS) is 22.3. The molecule has 4 N–H and O–H groups in total. The molecular weight excluding hydrogens is 290 g/mol. The van der Waals surface area contributed by atoms with Crippen molar-refractivity contribution in [1.82, 2.24) is 16.2 Å². The Labute approximate surface area is 137 Å². The summed E-state index contributed by atoms with van der Waals surface area (Å²) < 4.78 is 5.72. The third kappa shape index (κ3) is 4.42. The van der Waals surface area contributed by atoms with E-state index in [1.165, 1.54) is 0 Å². The number of furan rings is 1. The Kier molecular flexibility index (Phi) is 5.46. The van der Waals surface area contributed by atoms with E-state index in [0.29, 0.717) is 18.9 Å². The molecule has 0 aliphatic carbocycles. The van der Waals surface area contributed by atoms with Crippen LogP contribution < -0.4 is 16.2 Å². The van der Waals surface area contributed by atoms with Gasteiger partial charge in [0, 0.05) is 25.6 Å². The second-order valence-electron chi connectivity index (χ2n) is 6.21. The van der Waals surface area contributed by atoms with Gasteiger partial charge in [-0.2, -0.15) is 0 Å². The van der Waals surface area contributed by atoms with Gasteiger partial charge in [0.25, 0.3) is 0 Å². The van der Waals surface area contributed by atoms with E-state index in [2.05, 4.69) is 16.2 Å². The summed E-state index contributed by atoms with van der Waals surface area (Å²) in [4.78, 5) is 0. The van der Waals surface area contributed by atoms with Crippen LogP contribution in [0.15, 0.2) is 46.9 Å². The number of aliphatic hydroxyl groups excluding tert-OH is 1. The molecule has 23 heavy (non-hydrogen) atoms. The first kappa shape index (κ1) is 16.2. The minimum atomic E-state index is -0.371. The Morgan fingerprint density at radius 1 is 1.26 bits per heavy atom. The van der Waals surface area contributed by atoms with Crippen molar-refractivity contribution in [3.8, 4) is 0 Å². The maximum atomic E-state index is 10.2. The first-order chi connectivity index (χ1) is 11.2. The number of aliphatic hydroxyl groups is 1. The van der Waals surface area contributed by atoms with Crippen LogP contribution in [0.5, 0.6) is 0 Å². The molecule has 0 amide bonds. The average molecular weight is 315 g/mol. The first-order valence-electron chi connectivity index (χ1n) is 8.20. The smallest absolute Gasteiger partial charge is 0.122 e. The zero-order valence-corrected chi connectivity index (χ0v) is 13.5. The summed E-state index contributed by atoms with van der Waals surface area (Å²) in [6.45, 7) is 4.26. The molecule has 1 aromatic carbocycles. The molecule has 0 bridgehead atoms. The third-order valence-corrected chi connectivity index (χ3v) is 4.26. The third-order valence-electron chi connectivity index (χ3n) is 4.26. The molecule has 3 rings (SSSR count). The highest BCUT2D eigenvalue weighted by Gasteiger charge is 2.30. The molecule has 124 valence electrons. The quantitative estimate of drug-likeness (QED) is 0.624. The molecule has 5 heteroatoms. The highest BCUT2D eigenvalue weighted by Crippen LogP contribution is 2.25. The Balaban J connectivity index is 1.44. The zero-order chi connectivity index (χ0) is 16.1. The van der Waals surface area contributed by atoms with Crippen molar-refractivity contribution in [2.24, 2.45) is 5.92 Å². The number of hydrogen-bond acceptors (Lipinski definition) is 5. The van der Waals surface area contributed by atoms with E-state index in [1.54, 1.807) is 0 Å². The molecule has 0 radical (unpaired) electrons. The predicted molar refractivity (Wildman–Crippen MR) is 89.8 cm³/mol. The first-order valence-corrected chi connectivity index (χ1v) is 8.20. The van der Waals surface area contributed by atoms with Crippen LogP contribution in [-0.2, 0) is 6.42 Å². The monoisotopic (exact) mass is 315 g/mol. The van der Waals surface area contributed by atoms with Gasteiger partial charge in [0.1, 0.15) is 11.5 Å². The van der Waals surface area contributed by atoms with Crippen LogP contribution in [0.4, 0.5) is 0 Å². The molecule has 3 atom stereocenters. The summed E-state index contributed by atoms with van der Waals surface area (Å²) in [5, 5.41) is 13.5. The van der Waals surface area contributed by atoms with Crippen molar-refractivity contribution >= 4 is 0 Å². The Morgan fingerprint density at radius 2 is 2.09 bits per heavy atom. The fourth-order valence-corrected chi connectivity index (χ4v) is 3.04. The molecule has 3 unspecified atom stereocenters. The number of aryl methyl sites for hydroxylation is 1. The van der Waals surface area contributed by atoms with E-state index in [1.807, 2.05) is 49.4 Å². The van der Waals surface area contributed by atoms with Gasteiger partial charge in [0.15, 0.2) is 0 Å². The van der Waals surface area contributed by atoms with Gasteiger partial charge >= 0.3 is 0 Å². The van der Waals surface area contributed by atoms with Crippen LogP contribution in [-0.4, -0.2) is 30.8 Å².